The maximum absolute atomic E-state index is 8.56. The minimum Gasteiger partial charge on any atom is -0.427 e. The molecule has 0 rings (SSSR count). The van der Waals surface area contributed by atoms with Gasteiger partial charge in [0.1, 0.15) is 0 Å². The highest BCUT2D eigenvalue weighted by Crippen LogP contribution is 1.88. The van der Waals surface area contributed by atoms with Crippen LogP contribution in [0, 0.1) is 0 Å². The summed E-state index contributed by atoms with van der Waals surface area (Å²) in [6.07, 6.45) is 2.15. The van der Waals surface area contributed by atoms with Crippen LogP contribution in [0.2, 0.25) is 6.82 Å². The van der Waals surface area contributed by atoms with Gasteiger partial charge in [0.2, 0.25) is 0 Å². The van der Waals surface area contributed by atoms with Crippen LogP contribution >= 0.6 is 0 Å². The summed E-state index contributed by atoms with van der Waals surface area (Å²) < 4.78 is 4.84. The summed E-state index contributed by atoms with van der Waals surface area (Å²) in [5.74, 6) is 0. The molecule has 0 heterocycles. The van der Waals surface area contributed by atoms with Gasteiger partial charge < -0.3 is 9.68 Å². The van der Waals surface area contributed by atoms with Crippen molar-refractivity contribution in [2.45, 2.75) is 26.6 Å². The fourth-order valence-corrected chi connectivity index (χ4v) is 0.398. The summed E-state index contributed by atoms with van der Waals surface area (Å²) in [7, 11) is -0.596. The molecule has 2 nitrogen and oxygen atoms in total. The van der Waals surface area contributed by atoms with Crippen molar-refractivity contribution in [1.82, 2.24) is 0 Å². The second-order valence-corrected chi connectivity index (χ2v) is 1.82. The largest absolute Gasteiger partial charge is 0.450 e. The molecular formula is C5H13BO2. The second kappa shape index (κ2) is 5.13. The Morgan fingerprint density at radius 1 is 1.62 bits per heavy atom. The molecule has 0 bridgehead atoms. The Morgan fingerprint density at radius 2 is 2.25 bits per heavy atom. The lowest BCUT2D eigenvalue weighted by atomic mass is 9.97. The zero-order chi connectivity index (χ0) is 6.41. The highest BCUT2D eigenvalue weighted by atomic mass is 16.5. The standard InChI is InChI=1S/C5H13BO2/c1-3-4-5-8-6(2)7/h7H,3-5H2,1-2H3. The molecule has 48 valence electrons. The number of unbranched alkanes of at least 4 members (excludes halogenated alkanes) is 1. The van der Waals surface area contributed by atoms with E-state index >= 15 is 0 Å². The molecule has 0 aliphatic carbocycles. The maximum Gasteiger partial charge on any atom is 0.450 e. The summed E-state index contributed by atoms with van der Waals surface area (Å²) in [5, 5.41) is 8.56. The van der Waals surface area contributed by atoms with Crippen molar-refractivity contribution in [1.29, 1.82) is 0 Å². The van der Waals surface area contributed by atoms with Gasteiger partial charge in [0.05, 0.1) is 0 Å². The van der Waals surface area contributed by atoms with Crippen molar-refractivity contribution in [3.63, 3.8) is 0 Å². The third-order valence-corrected chi connectivity index (χ3v) is 0.857. The van der Waals surface area contributed by atoms with Crippen LogP contribution in [0.4, 0.5) is 0 Å². The highest BCUT2D eigenvalue weighted by molar-refractivity contribution is 6.40. The van der Waals surface area contributed by atoms with E-state index in [9.17, 15) is 0 Å². The number of rotatable bonds is 4. The summed E-state index contributed by atoms with van der Waals surface area (Å²) in [5.41, 5.74) is 0. The summed E-state index contributed by atoms with van der Waals surface area (Å²) >= 11 is 0. The van der Waals surface area contributed by atoms with E-state index in [0.717, 1.165) is 12.8 Å². The Balaban J connectivity index is 2.72. The molecule has 0 aromatic heterocycles. The van der Waals surface area contributed by atoms with E-state index in [1.165, 1.54) is 0 Å². The Labute approximate surface area is 51.0 Å². The van der Waals surface area contributed by atoms with E-state index in [-0.39, 0.29) is 0 Å². The SMILES string of the molecule is CCCCOB(C)O. The van der Waals surface area contributed by atoms with E-state index in [1.807, 2.05) is 0 Å². The van der Waals surface area contributed by atoms with Crippen LogP contribution in [0.3, 0.4) is 0 Å². The smallest absolute Gasteiger partial charge is 0.427 e. The van der Waals surface area contributed by atoms with Crippen LogP contribution in [-0.4, -0.2) is 18.7 Å². The molecule has 0 aromatic carbocycles. The van der Waals surface area contributed by atoms with Crippen molar-refractivity contribution in [2.75, 3.05) is 6.61 Å². The topological polar surface area (TPSA) is 29.5 Å². The molecule has 0 saturated heterocycles. The molecule has 0 amide bonds. The Hall–Kier alpha value is -0.0151. The fraction of sp³-hybridized carbons (Fsp3) is 1.00. The van der Waals surface area contributed by atoms with E-state index in [1.54, 1.807) is 6.82 Å². The van der Waals surface area contributed by atoms with Gasteiger partial charge in [-0.15, -0.1) is 0 Å². The monoisotopic (exact) mass is 116 g/mol. The van der Waals surface area contributed by atoms with E-state index in [2.05, 4.69) is 6.92 Å². The van der Waals surface area contributed by atoms with E-state index in [0.29, 0.717) is 6.61 Å². The highest BCUT2D eigenvalue weighted by Gasteiger charge is 1.99. The molecular weight excluding hydrogens is 103 g/mol. The molecule has 8 heavy (non-hydrogen) atoms. The summed E-state index contributed by atoms with van der Waals surface area (Å²) in [6, 6.07) is 0. The van der Waals surface area contributed by atoms with Gasteiger partial charge in [0, 0.05) is 6.61 Å². The molecule has 0 atom stereocenters. The molecule has 3 heteroatoms. The summed E-state index contributed by atoms with van der Waals surface area (Å²) in [4.78, 5) is 0. The normalized spacial score (nSPS) is 9.38. The number of hydrogen-bond donors (Lipinski definition) is 1. The van der Waals surface area contributed by atoms with Crippen LogP contribution < -0.4 is 0 Å². The molecule has 0 fully saturated rings. The van der Waals surface area contributed by atoms with Crippen molar-refractivity contribution in [2.24, 2.45) is 0 Å². The van der Waals surface area contributed by atoms with Gasteiger partial charge in [0.15, 0.2) is 0 Å². The minimum absolute atomic E-state index is 0.596. The van der Waals surface area contributed by atoms with Crippen LogP contribution in [0.25, 0.3) is 0 Å². The lowest BCUT2D eigenvalue weighted by Crippen LogP contribution is -2.12. The predicted octanol–water partition coefficient (Wildman–Crippen LogP) is 0.913. The zero-order valence-corrected chi connectivity index (χ0v) is 5.55. The first kappa shape index (κ1) is 7.98. The van der Waals surface area contributed by atoms with E-state index in [4.69, 9.17) is 9.68 Å². The first-order valence-electron chi connectivity index (χ1n) is 3.07. The first-order chi connectivity index (χ1) is 3.77. The average Bonchev–Trinajstić information content (AvgIpc) is 1.66. The van der Waals surface area contributed by atoms with Crippen LogP contribution in [0.1, 0.15) is 19.8 Å². The molecule has 0 aromatic rings. The molecule has 0 saturated carbocycles. The van der Waals surface area contributed by atoms with Gasteiger partial charge in [-0.1, -0.05) is 13.3 Å². The molecule has 0 aliphatic heterocycles. The molecule has 0 spiro atoms. The quantitative estimate of drug-likeness (QED) is 0.437. The zero-order valence-electron chi connectivity index (χ0n) is 5.55. The van der Waals surface area contributed by atoms with Gasteiger partial charge in [-0.3, -0.25) is 0 Å². The molecule has 0 aliphatic rings. The third-order valence-electron chi connectivity index (χ3n) is 0.857. The van der Waals surface area contributed by atoms with Crippen molar-refractivity contribution < 1.29 is 9.68 Å². The maximum atomic E-state index is 8.56. The molecule has 0 unspecified atom stereocenters. The lowest BCUT2D eigenvalue weighted by Gasteiger charge is -1.99. The van der Waals surface area contributed by atoms with E-state index < -0.39 is 7.12 Å². The van der Waals surface area contributed by atoms with Crippen molar-refractivity contribution in [3.05, 3.63) is 0 Å². The molecule has 1 N–H and O–H groups in total. The Kier molecular flexibility index (Phi) is 5.12. The van der Waals surface area contributed by atoms with Crippen molar-refractivity contribution in [3.8, 4) is 0 Å². The second-order valence-electron chi connectivity index (χ2n) is 1.82. The predicted molar refractivity (Wildman–Crippen MR) is 34.7 cm³/mol. The van der Waals surface area contributed by atoms with Gasteiger partial charge in [-0.05, 0) is 13.2 Å². The third kappa shape index (κ3) is 5.98. The van der Waals surface area contributed by atoms with Gasteiger partial charge in [-0.2, -0.15) is 0 Å². The van der Waals surface area contributed by atoms with Gasteiger partial charge in [-0.25, -0.2) is 0 Å². The average molecular weight is 116 g/mol. The lowest BCUT2D eigenvalue weighted by molar-refractivity contribution is 0.259. The fourth-order valence-electron chi connectivity index (χ4n) is 0.398. The first-order valence-corrected chi connectivity index (χ1v) is 3.07. The summed E-state index contributed by atoms with van der Waals surface area (Å²) in [6.45, 7) is 4.38. The van der Waals surface area contributed by atoms with Crippen LogP contribution in [0.5, 0.6) is 0 Å². The van der Waals surface area contributed by atoms with Crippen LogP contribution in [-0.2, 0) is 4.65 Å². The Bertz CT molecular complexity index is 47.7. The minimum atomic E-state index is -0.596. The van der Waals surface area contributed by atoms with Gasteiger partial charge in [0.25, 0.3) is 0 Å². The van der Waals surface area contributed by atoms with Gasteiger partial charge >= 0.3 is 7.12 Å². The molecule has 0 radical (unpaired) electrons. The Morgan fingerprint density at radius 3 is 2.62 bits per heavy atom. The van der Waals surface area contributed by atoms with Crippen LogP contribution in [0.15, 0.2) is 0 Å². The number of hydrogen-bond acceptors (Lipinski definition) is 2. The van der Waals surface area contributed by atoms with Crippen molar-refractivity contribution >= 4 is 7.12 Å².